The van der Waals surface area contributed by atoms with E-state index in [1.807, 2.05) is 22.8 Å². The Balaban J connectivity index is 2.52. The first-order valence-electron chi connectivity index (χ1n) is 5.60. The van der Waals surface area contributed by atoms with Gasteiger partial charge in [0.1, 0.15) is 5.82 Å². The smallest absolute Gasteiger partial charge is 0.165 e. The summed E-state index contributed by atoms with van der Waals surface area (Å²) < 4.78 is 2.95. The van der Waals surface area contributed by atoms with Gasteiger partial charge >= 0.3 is 0 Å². The molecule has 0 saturated carbocycles. The Hall–Kier alpha value is -0.580. The van der Waals surface area contributed by atoms with Gasteiger partial charge in [-0.3, -0.25) is 0 Å². The van der Waals surface area contributed by atoms with Crippen LogP contribution in [-0.4, -0.2) is 14.8 Å². The first-order valence-corrected chi connectivity index (χ1v) is 7.31. The molecule has 2 aromatic rings. The topological polar surface area (TPSA) is 30.7 Å². The van der Waals surface area contributed by atoms with Gasteiger partial charge in [-0.1, -0.05) is 18.5 Å². The van der Waals surface area contributed by atoms with E-state index in [-0.39, 0.29) is 0 Å². The van der Waals surface area contributed by atoms with Gasteiger partial charge < -0.3 is 4.57 Å². The van der Waals surface area contributed by atoms with Crippen molar-refractivity contribution < 1.29 is 0 Å². The molecule has 0 N–H and O–H groups in total. The van der Waals surface area contributed by atoms with Gasteiger partial charge in [0.25, 0.3) is 0 Å². The number of aromatic nitrogens is 3. The Morgan fingerprint density at radius 3 is 2.72 bits per heavy atom. The highest BCUT2D eigenvalue weighted by Crippen LogP contribution is 2.30. The summed E-state index contributed by atoms with van der Waals surface area (Å²) in [5.74, 6) is 1.96. The predicted molar refractivity (Wildman–Crippen MR) is 78.0 cm³/mol. The number of hydrogen-bond donors (Lipinski definition) is 0. The lowest BCUT2D eigenvalue weighted by molar-refractivity contribution is 0.659. The van der Waals surface area contributed by atoms with E-state index in [2.05, 4.69) is 33.1 Å². The minimum atomic E-state index is 0.359. The molecule has 0 aliphatic carbocycles. The Kier molecular flexibility index (Phi) is 4.65. The van der Waals surface area contributed by atoms with Crippen molar-refractivity contribution in [1.29, 1.82) is 0 Å². The number of halogens is 3. The van der Waals surface area contributed by atoms with E-state index in [1.54, 1.807) is 0 Å². The first-order chi connectivity index (χ1) is 8.67. The van der Waals surface area contributed by atoms with Crippen LogP contribution in [0.5, 0.6) is 0 Å². The molecule has 0 saturated heterocycles. The highest BCUT2D eigenvalue weighted by atomic mass is 79.9. The molecule has 3 nitrogen and oxygen atoms in total. The third kappa shape index (κ3) is 2.71. The number of alkyl halides is 1. The summed E-state index contributed by atoms with van der Waals surface area (Å²) in [6.45, 7) is 2.96. The zero-order chi connectivity index (χ0) is 13.1. The Bertz CT molecular complexity index is 554. The van der Waals surface area contributed by atoms with E-state index in [0.717, 1.165) is 34.7 Å². The van der Waals surface area contributed by atoms with Crippen molar-refractivity contribution in [2.45, 2.75) is 25.8 Å². The molecule has 0 aliphatic heterocycles. The van der Waals surface area contributed by atoms with E-state index in [4.69, 9.17) is 23.2 Å². The lowest BCUT2D eigenvalue weighted by atomic mass is 10.2. The fourth-order valence-electron chi connectivity index (χ4n) is 1.76. The van der Waals surface area contributed by atoms with Crippen LogP contribution in [0.4, 0.5) is 0 Å². The van der Waals surface area contributed by atoms with Gasteiger partial charge in [-0.15, -0.1) is 21.8 Å². The summed E-state index contributed by atoms with van der Waals surface area (Å²) in [4.78, 5) is 0. The molecule has 1 aromatic heterocycles. The molecular formula is C12H12BrCl2N3. The largest absolute Gasteiger partial charge is 0.310 e. The highest BCUT2D eigenvalue weighted by Gasteiger charge is 2.14. The molecule has 18 heavy (non-hydrogen) atoms. The lowest BCUT2D eigenvalue weighted by Crippen LogP contribution is -2.04. The Labute approximate surface area is 124 Å². The Morgan fingerprint density at radius 2 is 2.11 bits per heavy atom. The van der Waals surface area contributed by atoms with E-state index in [9.17, 15) is 0 Å². The standard InChI is InChI=1S/C12H12BrCl2N3/c1-2-5-18-11(7-14)16-17-12(18)9-4-3-8(15)6-10(9)13/h3-4,6H,2,5,7H2,1H3. The minimum absolute atomic E-state index is 0.359. The van der Waals surface area contributed by atoms with Crippen molar-refractivity contribution in [2.24, 2.45) is 0 Å². The van der Waals surface area contributed by atoms with Crippen LogP contribution in [0, 0.1) is 0 Å². The molecule has 96 valence electrons. The summed E-state index contributed by atoms with van der Waals surface area (Å²) in [7, 11) is 0. The molecular weight excluding hydrogens is 337 g/mol. The third-order valence-electron chi connectivity index (χ3n) is 2.57. The summed E-state index contributed by atoms with van der Waals surface area (Å²) in [5.41, 5.74) is 0.969. The van der Waals surface area contributed by atoms with Gasteiger partial charge in [-0.05, 0) is 40.5 Å². The maximum atomic E-state index is 5.94. The molecule has 2 rings (SSSR count). The van der Waals surface area contributed by atoms with Crippen LogP contribution in [0.15, 0.2) is 22.7 Å². The molecule has 0 spiro atoms. The third-order valence-corrected chi connectivity index (χ3v) is 3.70. The van der Waals surface area contributed by atoms with Crippen molar-refractivity contribution in [3.05, 3.63) is 33.5 Å². The van der Waals surface area contributed by atoms with Gasteiger partial charge in [0, 0.05) is 21.6 Å². The van der Waals surface area contributed by atoms with Gasteiger partial charge in [0.05, 0.1) is 5.88 Å². The van der Waals surface area contributed by atoms with Gasteiger partial charge in [0.15, 0.2) is 5.82 Å². The van der Waals surface area contributed by atoms with Crippen LogP contribution in [0.25, 0.3) is 11.4 Å². The van der Waals surface area contributed by atoms with Crippen LogP contribution in [0.2, 0.25) is 5.02 Å². The SMILES string of the molecule is CCCn1c(CCl)nnc1-c1ccc(Cl)cc1Br. The monoisotopic (exact) mass is 347 g/mol. The molecule has 6 heteroatoms. The van der Waals surface area contributed by atoms with Gasteiger partial charge in [-0.2, -0.15) is 0 Å². The zero-order valence-corrected chi connectivity index (χ0v) is 12.9. The van der Waals surface area contributed by atoms with Crippen LogP contribution in [0.1, 0.15) is 19.2 Å². The summed E-state index contributed by atoms with van der Waals surface area (Å²) in [6.07, 6.45) is 1.00. The van der Waals surface area contributed by atoms with Crippen molar-refractivity contribution in [2.75, 3.05) is 0 Å². The van der Waals surface area contributed by atoms with Gasteiger partial charge in [-0.25, -0.2) is 0 Å². The Morgan fingerprint density at radius 1 is 1.33 bits per heavy atom. The summed E-state index contributed by atoms with van der Waals surface area (Å²) >= 11 is 15.3. The fourth-order valence-corrected chi connectivity index (χ4v) is 2.82. The van der Waals surface area contributed by atoms with Crippen LogP contribution < -0.4 is 0 Å². The number of rotatable bonds is 4. The van der Waals surface area contributed by atoms with Crippen molar-refractivity contribution in [3.63, 3.8) is 0 Å². The highest BCUT2D eigenvalue weighted by molar-refractivity contribution is 9.10. The van der Waals surface area contributed by atoms with Crippen LogP contribution in [-0.2, 0) is 12.4 Å². The van der Waals surface area contributed by atoms with Crippen molar-refractivity contribution >= 4 is 39.1 Å². The second kappa shape index (κ2) is 6.04. The molecule has 0 fully saturated rings. The molecule has 0 radical (unpaired) electrons. The number of hydrogen-bond acceptors (Lipinski definition) is 2. The van der Waals surface area contributed by atoms with Crippen molar-refractivity contribution in [3.8, 4) is 11.4 Å². The average Bonchev–Trinajstić information content (AvgIpc) is 2.73. The molecule has 1 heterocycles. The second-order valence-corrected chi connectivity index (χ2v) is 5.41. The van der Waals surface area contributed by atoms with E-state index < -0.39 is 0 Å². The second-order valence-electron chi connectivity index (χ2n) is 3.85. The summed E-state index contributed by atoms with van der Waals surface area (Å²) in [6, 6.07) is 5.62. The van der Waals surface area contributed by atoms with Crippen molar-refractivity contribution in [1.82, 2.24) is 14.8 Å². The van der Waals surface area contributed by atoms with Crippen LogP contribution in [0.3, 0.4) is 0 Å². The molecule has 0 atom stereocenters. The van der Waals surface area contributed by atoms with E-state index in [0.29, 0.717) is 10.9 Å². The normalized spacial score (nSPS) is 10.9. The molecule has 0 amide bonds. The maximum absolute atomic E-state index is 5.94. The molecule has 0 unspecified atom stereocenters. The van der Waals surface area contributed by atoms with Crippen LogP contribution >= 0.6 is 39.1 Å². The molecule has 0 aliphatic rings. The zero-order valence-electron chi connectivity index (χ0n) is 9.83. The quantitative estimate of drug-likeness (QED) is 0.761. The maximum Gasteiger partial charge on any atom is 0.165 e. The average molecular weight is 349 g/mol. The fraction of sp³-hybridized carbons (Fsp3) is 0.333. The predicted octanol–water partition coefficient (Wildman–Crippen LogP) is 4.51. The van der Waals surface area contributed by atoms with E-state index in [1.165, 1.54) is 0 Å². The minimum Gasteiger partial charge on any atom is -0.310 e. The number of nitrogens with zero attached hydrogens (tertiary/aromatic N) is 3. The van der Waals surface area contributed by atoms with Gasteiger partial charge in [0.2, 0.25) is 0 Å². The summed E-state index contributed by atoms with van der Waals surface area (Å²) in [5, 5.41) is 9.03. The lowest BCUT2D eigenvalue weighted by Gasteiger charge is -2.09. The first kappa shape index (κ1) is 13.8. The molecule has 1 aromatic carbocycles. The van der Waals surface area contributed by atoms with E-state index >= 15 is 0 Å². The number of benzene rings is 1. The molecule has 0 bridgehead atoms.